The lowest BCUT2D eigenvalue weighted by molar-refractivity contribution is -0.402. The molecule has 138 valence electrons. The first-order chi connectivity index (χ1) is 12.5. The van der Waals surface area contributed by atoms with E-state index >= 15 is 0 Å². The Kier molecular flexibility index (Phi) is 5.30. The summed E-state index contributed by atoms with van der Waals surface area (Å²) >= 11 is 0. The van der Waals surface area contributed by atoms with E-state index < -0.39 is 16.7 Å². The third-order valence-electron chi connectivity index (χ3n) is 3.97. The van der Waals surface area contributed by atoms with E-state index in [1.54, 1.807) is 0 Å². The molecule has 3 rings (SSSR count). The number of hydrogen-bond donors (Lipinski definition) is 2. The first-order valence-corrected chi connectivity index (χ1v) is 8.40. The number of carbonyl (C=O) groups is 1. The monoisotopic (exact) mass is 360 g/mol. The van der Waals surface area contributed by atoms with Crippen LogP contribution in [0.2, 0.25) is 0 Å². The standard InChI is InChI=1S/C16H20N6O4/c1-11-19-13(10-14(20-11)21-8-2-3-9-21)17-6-7-18-16(23)12-4-5-15(26-12)22(24)25/h4-5,10H,2-3,6-9H2,1H3,(H,18,23)(H,17,19,20). The normalized spacial score (nSPS) is 13.7. The van der Waals surface area contributed by atoms with E-state index in [0.29, 0.717) is 24.7 Å². The topological polar surface area (TPSA) is 126 Å². The van der Waals surface area contributed by atoms with Gasteiger partial charge in [0.1, 0.15) is 22.4 Å². The van der Waals surface area contributed by atoms with Crippen molar-refractivity contribution in [1.29, 1.82) is 0 Å². The van der Waals surface area contributed by atoms with Crippen LogP contribution in [0.4, 0.5) is 17.5 Å². The summed E-state index contributed by atoms with van der Waals surface area (Å²) in [5.74, 6) is 1.23. The number of nitro groups is 1. The quantitative estimate of drug-likeness (QED) is 0.434. The molecule has 0 saturated carbocycles. The number of aryl methyl sites for hydroxylation is 1. The number of rotatable bonds is 7. The number of carbonyl (C=O) groups excluding carboxylic acids is 1. The average Bonchev–Trinajstić information content (AvgIpc) is 3.29. The highest BCUT2D eigenvalue weighted by molar-refractivity contribution is 5.91. The van der Waals surface area contributed by atoms with Gasteiger partial charge in [-0.1, -0.05) is 0 Å². The fourth-order valence-corrected chi connectivity index (χ4v) is 2.75. The molecule has 0 aliphatic carbocycles. The van der Waals surface area contributed by atoms with Gasteiger partial charge in [-0.15, -0.1) is 0 Å². The second kappa shape index (κ2) is 7.81. The largest absolute Gasteiger partial charge is 0.433 e. The van der Waals surface area contributed by atoms with Crippen molar-refractivity contribution in [2.75, 3.05) is 36.4 Å². The zero-order chi connectivity index (χ0) is 18.5. The predicted octanol–water partition coefficient (Wildman–Crippen LogP) is 1.73. The molecule has 0 aromatic carbocycles. The van der Waals surface area contributed by atoms with E-state index in [4.69, 9.17) is 4.42 Å². The Labute approximate surface area is 149 Å². The van der Waals surface area contributed by atoms with Crippen LogP contribution >= 0.6 is 0 Å². The van der Waals surface area contributed by atoms with Gasteiger partial charge in [0, 0.05) is 32.2 Å². The maximum Gasteiger partial charge on any atom is 0.433 e. The highest BCUT2D eigenvalue weighted by atomic mass is 16.6. The van der Waals surface area contributed by atoms with Crippen molar-refractivity contribution in [3.8, 4) is 0 Å². The number of amides is 1. The SMILES string of the molecule is Cc1nc(NCCNC(=O)c2ccc([N+](=O)[O-])o2)cc(N2CCCC2)n1. The van der Waals surface area contributed by atoms with Crippen LogP contribution in [0, 0.1) is 17.0 Å². The minimum Gasteiger partial charge on any atom is -0.395 e. The highest BCUT2D eigenvalue weighted by Crippen LogP contribution is 2.20. The number of aromatic nitrogens is 2. The maximum atomic E-state index is 11.9. The second-order valence-corrected chi connectivity index (χ2v) is 5.93. The van der Waals surface area contributed by atoms with E-state index in [1.165, 1.54) is 18.9 Å². The highest BCUT2D eigenvalue weighted by Gasteiger charge is 2.17. The van der Waals surface area contributed by atoms with Gasteiger partial charge in [-0.2, -0.15) is 0 Å². The number of hydrogen-bond acceptors (Lipinski definition) is 8. The average molecular weight is 360 g/mol. The van der Waals surface area contributed by atoms with Crippen molar-refractivity contribution in [2.24, 2.45) is 0 Å². The van der Waals surface area contributed by atoms with Crippen molar-refractivity contribution < 1.29 is 14.1 Å². The van der Waals surface area contributed by atoms with Crippen LogP contribution in [-0.2, 0) is 0 Å². The summed E-state index contributed by atoms with van der Waals surface area (Å²) in [6, 6.07) is 4.32. The van der Waals surface area contributed by atoms with Gasteiger partial charge < -0.3 is 20.0 Å². The molecule has 10 heteroatoms. The number of nitrogens with zero attached hydrogens (tertiary/aromatic N) is 4. The summed E-state index contributed by atoms with van der Waals surface area (Å²) < 4.78 is 4.85. The molecule has 1 aliphatic rings. The molecule has 1 saturated heterocycles. The Morgan fingerprint density at radius 2 is 2.08 bits per heavy atom. The van der Waals surface area contributed by atoms with Crippen LogP contribution in [0.5, 0.6) is 0 Å². The van der Waals surface area contributed by atoms with Gasteiger partial charge in [0.25, 0.3) is 5.91 Å². The minimum atomic E-state index is -0.687. The third kappa shape index (κ3) is 4.26. The Bertz CT molecular complexity index is 800. The molecule has 0 bridgehead atoms. The summed E-state index contributed by atoms with van der Waals surface area (Å²) in [7, 11) is 0. The molecule has 0 radical (unpaired) electrons. The molecule has 2 N–H and O–H groups in total. The van der Waals surface area contributed by atoms with E-state index in [1.807, 2.05) is 13.0 Å². The first-order valence-electron chi connectivity index (χ1n) is 8.40. The summed E-state index contributed by atoms with van der Waals surface area (Å²) in [5, 5.41) is 16.3. The Morgan fingerprint density at radius 3 is 2.77 bits per heavy atom. The fraction of sp³-hybridized carbons (Fsp3) is 0.438. The summed E-state index contributed by atoms with van der Waals surface area (Å²) in [6.45, 7) is 4.61. The number of anilines is 2. The molecule has 1 aliphatic heterocycles. The van der Waals surface area contributed by atoms with Crippen molar-refractivity contribution in [2.45, 2.75) is 19.8 Å². The Hall–Kier alpha value is -3.17. The predicted molar refractivity (Wildman–Crippen MR) is 94.4 cm³/mol. The van der Waals surface area contributed by atoms with Crippen molar-refractivity contribution >= 4 is 23.4 Å². The molecule has 1 fully saturated rings. The maximum absolute atomic E-state index is 11.9. The molecule has 2 aromatic heterocycles. The smallest absolute Gasteiger partial charge is 0.395 e. The number of furan rings is 1. The fourth-order valence-electron chi connectivity index (χ4n) is 2.75. The molecule has 3 heterocycles. The summed E-state index contributed by atoms with van der Waals surface area (Å²) in [6.07, 6.45) is 2.34. The minimum absolute atomic E-state index is 0.0918. The Balaban J connectivity index is 1.50. The summed E-state index contributed by atoms with van der Waals surface area (Å²) in [5.41, 5.74) is 0. The van der Waals surface area contributed by atoms with Gasteiger partial charge in [0.05, 0.1) is 6.07 Å². The molecule has 10 nitrogen and oxygen atoms in total. The zero-order valence-electron chi connectivity index (χ0n) is 14.4. The van der Waals surface area contributed by atoms with E-state index in [-0.39, 0.29) is 5.76 Å². The van der Waals surface area contributed by atoms with Gasteiger partial charge >= 0.3 is 5.88 Å². The molecule has 2 aromatic rings. The van der Waals surface area contributed by atoms with Crippen LogP contribution in [0.1, 0.15) is 29.2 Å². The van der Waals surface area contributed by atoms with Gasteiger partial charge in [0.15, 0.2) is 5.76 Å². The molecule has 0 unspecified atom stereocenters. The molecular formula is C16H20N6O4. The zero-order valence-corrected chi connectivity index (χ0v) is 14.4. The lowest BCUT2D eigenvalue weighted by atomic mass is 10.4. The molecule has 26 heavy (non-hydrogen) atoms. The van der Waals surface area contributed by atoms with Crippen LogP contribution in [-0.4, -0.2) is 47.0 Å². The van der Waals surface area contributed by atoms with Crippen molar-refractivity contribution in [3.05, 3.63) is 39.9 Å². The Morgan fingerprint density at radius 1 is 1.31 bits per heavy atom. The molecular weight excluding hydrogens is 340 g/mol. The van der Waals surface area contributed by atoms with Crippen LogP contribution in [0.3, 0.4) is 0 Å². The van der Waals surface area contributed by atoms with Crippen molar-refractivity contribution in [1.82, 2.24) is 15.3 Å². The second-order valence-electron chi connectivity index (χ2n) is 5.93. The first kappa shape index (κ1) is 17.6. The molecule has 1 amide bonds. The third-order valence-corrected chi connectivity index (χ3v) is 3.97. The molecule has 0 spiro atoms. The number of nitrogens with one attached hydrogen (secondary N) is 2. The van der Waals surface area contributed by atoms with Crippen LogP contribution in [0.15, 0.2) is 22.6 Å². The van der Waals surface area contributed by atoms with Gasteiger partial charge in [-0.05, 0) is 25.8 Å². The molecule has 0 atom stereocenters. The van der Waals surface area contributed by atoms with Gasteiger partial charge in [-0.3, -0.25) is 14.9 Å². The lowest BCUT2D eigenvalue weighted by Gasteiger charge is -2.17. The van der Waals surface area contributed by atoms with Gasteiger partial charge in [0.2, 0.25) is 0 Å². The van der Waals surface area contributed by atoms with E-state index in [9.17, 15) is 14.9 Å². The van der Waals surface area contributed by atoms with E-state index in [2.05, 4.69) is 25.5 Å². The van der Waals surface area contributed by atoms with E-state index in [0.717, 1.165) is 25.0 Å². The van der Waals surface area contributed by atoms with Crippen LogP contribution in [0.25, 0.3) is 0 Å². The van der Waals surface area contributed by atoms with Crippen LogP contribution < -0.4 is 15.5 Å². The van der Waals surface area contributed by atoms with Crippen molar-refractivity contribution in [3.63, 3.8) is 0 Å². The van der Waals surface area contributed by atoms with Gasteiger partial charge in [-0.25, -0.2) is 9.97 Å². The summed E-state index contributed by atoms with van der Waals surface area (Å²) in [4.78, 5) is 32.8. The lowest BCUT2D eigenvalue weighted by Crippen LogP contribution is -2.28.